The first kappa shape index (κ1) is 31.0. The number of ether oxygens (including phenoxy) is 1. The largest absolute Gasteiger partial charge is 0.496 e. The Morgan fingerprint density at radius 3 is 2.20 bits per heavy atom. The number of aromatic carboxylic acids is 1. The summed E-state index contributed by atoms with van der Waals surface area (Å²) in [6.45, 7) is 1.76. The first-order valence-corrected chi connectivity index (χ1v) is 14.9. The maximum atomic E-state index is 12.9. The lowest BCUT2D eigenvalue weighted by Gasteiger charge is -2.14. The van der Waals surface area contributed by atoms with Crippen molar-refractivity contribution in [3.05, 3.63) is 85.1 Å². The van der Waals surface area contributed by atoms with Crippen LogP contribution in [-0.2, 0) is 4.79 Å². The number of carbonyl (C=O) groups is 3. The number of anilines is 2. The number of rotatable bonds is 9. The van der Waals surface area contributed by atoms with Crippen LogP contribution in [0.1, 0.15) is 27.6 Å². The van der Waals surface area contributed by atoms with Crippen LogP contribution in [0.4, 0.5) is 10.8 Å². The first-order valence-electron chi connectivity index (χ1n) is 11.6. The molecule has 0 bridgehead atoms. The van der Waals surface area contributed by atoms with Crippen LogP contribution in [0.3, 0.4) is 0 Å². The van der Waals surface area contributed by atoms with Crippen LogP contribution < -0.4 is 15.4 Å². The van der Waals surface area contributed by atoms with Crippen molar-refractivity contribution < 1.29 is 24.2 Å². The number of benzene rings is 3. The van der Waals surface area contributed by atoms with Gasteiger partial charge in [0.25, 0.3) is 5.91 Å². The zero-order chi connectivity index (χ0) is 29.8. The van der Waals surface area contributed by atoms with Crippen molar-refractivity contribution in [2.24, 2.45) is 0 Å². The van der Waals surface area contributed by atoms with Crippen LogP contribution in [0.25, 0.3) is 11.3 Å². The number of thiazole rings is 1. The van der Waals surface area contributed by atoms with Crippen molar-refractivity contribution in [1.82, 2.24) is 4.98 Å². The number of aromatic nitrogens is 1. The minimum absolute atomic E-state index is 0.235. The number of halogens is 4. The summed E-state index contributed by atoms with van der Waals surface area (Å²) >= 11 is 26.8. The van der Waals surface area contributed by atoms with Gasteiger partial charge in [-0.3, -0.25) is 9.59 Å². The smallest absolute Gasteiger partial charge is 0.338 e. The summed E-state index contributed by atoms with van der Waals surface area (Å²) in [7, 11) is 1.59. The zero-order valence-corrected chi connectivity index (χ0v) is 25.8. The zero-order valence-electron chi connectivity index (χ0n) is 21.1. The van der Waals surface area contributed by atoms with Crippen molar-refractivity contribution in [3.8, 4) is 17.0 Å². The molecule has 0 radical (unpaired) electrons. The van der Waals surface area contributed by atoms with E-state index < -0.39 is 33.3 Å². The van der Waals surface area contributed by atoms with E-state index in [0.29, 0.717) is 22.3 Å². The number of methoxy groups -OCH3 is 1. The molecule has 8 nitrogen and oxygen atoms in total. The van der Waals surface area contributed by atoms with Crippen molar-refractivity contribution in [2.75, 3.05) is 17.7 Å². The van der Waals surface area contributed by atoms with Crippen molar-refractivity contribution >= 4 is 98.1 Å². The second-order valence-corrected chi connectivity index (χ2v) is 12.1. The van der Waals surface area contributed by atoms with E-state index >= 15 is 0 Å². The monoisotopic (exact) mass is 669 g/mol. The highest BCUT2D eigenvalue weighted by Gasteiger charge is 2.29. The molecule has 4 aromatic rings. The topological polar surface area (TPSA) is 118 Å². The lowest BCUT2D eigenvalue weighted by atomic mass is 10.1. The van der Waals surface area contributed by atoms with Gasteiger partial charge >= 0.3 is 5.97 Å². The summed E-state index contributed by atoms with van der Waals surface area (Å²) in [6.07, 6.45) is 0. The maximum absolute atomic E-state index is 12.9. The Hall–Kier alpha value is -2.99. The molecule has 1 atom stereocenters. The number of carboxylic acids is 1. The summed E-state index contributed by atoms with van der Waals surface area (Å²) < 4.78 is 5.39. The predicted molar refractivity (Wildman–Crippen MR) is 166 cm³/mol. The summed E-state index contributed by atoms with van der Waals surface area (Å²) in [6, 6.07) is 14.1. The molecule has 212 valence electrons. The summed E-state index contributed by atoms with van der Waals surface area (Å²) in [4.78, 5) is 42.8. The number of carboxylic acid groups (broad SMARTS) is 1. The Bertz CT molecular complexity index is 1650. The molecule has 41 heavy (non-hydrogen) atoms. The van der Waals surface area contributed by atoms with Crippen molar-refractivity contribution in [2.45, 2.75) is 17.1 Å². The average Bonchev–Trinajstić information content (AvgIpc) is 3.42. The number of hydrogen-bond acceptors (Lipinski definition) is 7. The molecule has 0 aliphatic rings. The van der Waals surface area contributed by atoms with E-state index in [0.717, 1.165) is 10.5 Å². The number of nitrogens with zero attached hydrogens (tertiary/aromatic N) is 1. The number of para-hydroxylation sites is 1. The Balaban J connectivity index is 1.41. The number of carbonyl (C=O) groups excluding carboxylic acids is 2. The Morgan fingerprint density at radius 2 is 1.56 bits per heavy atom. The SMILES string of the molecule is COc1ccccc1-c1csc(NC(=O)C(C)Sc2ccc(NC(=O)c3c(Cl)c(Cl)c(Cl)c(Cl)c3C(=O)O)cc2)n1. The van der Waals surface area contributed by atoms with E-state index in [1.54, 1.807) is 38.3 Å². The van der Waals surface area contributed by atoms with Gasteiger partial charge in [0.15, 0.2) is 5.13 Å². The molecule has 1 aromatic heterocycles. The Kier molecular flexibility index (Phi) is 10.1. The van der Waals surface area contributed by atoms with Gasteiger partial charge in [-0.25, -0.2) is 9.78 Å². The molecule has 0 aliphatic carbocycles. The molecule has 0 fully saturated rings. The minimum atomic E-state index is -1.49. The van der Waals surface area contributed by atoms with Crippen LogP contribution >= 0.6 is 69.5 Å². The Morgan fingerprint density at radius 1 is 0.927 bits per heavy atom. The van der Waals surface area contributed by atoms with Crippen LogP contribution in [0, 0.1) is 0 Å². The van der Waals surface area contributed by atoms with Crippen LogP contribution in [0.5, 0.6) is 5.75 Å². The number of thioether (sulfide) groups is 1. The van der Waals surface area contributed by atoms with Gasteiger partial charge in [-0.15, -0.1) is 23.1 Å². The molecule has 0 spiro atoms. The first-order chi connectivity index (χ1) is 19.5. The van der Waals surface area contributed by atoms with E-state index in [9.17, 15) is 19.5 Å². The maximum Gasteiger partial charge on any atom is 0.338 e. The minimum Gasteiger partial charge on any atom is -0.496 e. The summed E-state index contributed by atoms with van der Waals surface area (Å²) in [5, 5.41) is 15.6. The fourth-order valence-corrected chi connectivity index (χ4v) is 6.23. The molecule has 4 rings (SSSR count). The molecule has 1 unspecified atom stereocenters. The second kappa shape index (κ2) is 13.3. The molecular weight excluding hydrogens is 652 g/mol. The number of amides is 2. The third-order valence-corrected chi connectivity index (χ3v) is 9.29. The normalized spacial score (nSPS) is 11.6. The lowest BCUT2D eigenvalue weighted by molar-refractivity contribution is -0.115. The molecule has 3 N–H and O–H groups in total. The molecular formula is C27H19Cl4N3O5S2. The van der Waals surface area contributed by atoms with Crippen molar-refractivity contribution in [1.29, 1.82) is 0 Å². The highest BCUT2D eigenvalue weighted by Crippen LogP contribution is 2.42. The molecule has 0 aliphatic heterocycles. The highest BCUT2D eigenvalue weighted by molar-refractivity contribution is 8.00. The van der Waals surface area contributed by atoms with Gasteiger partial charge < -0.3 is 20.5 Å². The van der Waals surface area contributed by atoms with Gasteiger partial charge in [-0.2, -0.15) is 0 Å². The molecule has 2 amide bonds. The van der Waals surface area contributed by atoms with Gasteiger partial charge in [0.1, 0.15) is 5.75 Å². The van der Waals surface area contributed by atoms with E-state index in [4.69, 9.17) is 51.1 Å². The van der Waals surface area contributed by atoms with E-state index in [2.05, 4.69) is 15.6 Å². The van der Waals surface area contributed by atoms with E-state index in [1.165, 1.54) is 23.1 Å². The second-order valence-electron chi connectivity index (χ2n) is 8.28. The number of hydrogen-bond donors (Lipinski definition) is 3. The van der Waals surface area contributed by atoms with Crippen LogP contribution in [-0.4, -0.2) is 40.2 Å². The molecule has 0 saturated carbocycles. The van der Waals surface area contributed by atoms with Gasteiger partial charge in [0, 0.05) is 21.5 Å². The summed E-state index contributed by atoms with van der Waals surface area (Å²) in [5.74, 6) is -1.88. The quantitative estimate of drug-likeness (QED) is 0.0928. The van der Waals surface area contributed by atoms with Gasteiger partial charge in [0.2, 0.25) is 5.91 Å². The standard InChI is InChI=1S/C27H19Cl4N3O5S2/c1-12(24(35)34-27-33-16(11-40-27)15-5-3-4-6-17(15)39-2)41-14-9-7-13(8-10-14)32-25(36)18-19(26(37)38)21(29)23(31)22(30)20(18)28/h3-12H,1-2H3,(H,32,36)(H,37,38)(H,33,34,35). The number of nitrogens with one attached hydrogen (secondary N) is 2. The predicted octanol–water partition coefficient (Wildman–Crippen LogP) is 8.50. The lowest BCUT2D eigenvalue weighted by Crippen LogP contribution is -2.22. The van der Waals surface area contributed by atoms with E-state index in [1.807, 2.05) is 29.6 Å². The van der Waals surface area contributed by atoms with Gasteiger partial charge in [0.05, 0.1) is 49.3 Å². The van der Waals surface area contributed by atoms with Crippen molar-refractivity contribution in [3.63, 3.8) is 0 Å². The summed E-state index contributed by atoms with van der Waals surface area (Å²) in [5.41, 5.74) is 0.882. The van der Waals surface area contributed by atoms with Crippen LogP contribution in [0.2, 0.25) is 20.1 Å². The van der Waals surface area contributed by atoms with Crippen LogP contribution in [0.15, 0.2) is 58.8 Å². The molecule has 3 aromatic carbocycles. The third-order valence-electron chi connectivity index (χ3n) is 5.62. The fourth-order valence-electron chi connectivity index (χ4n) is 3.63. The average molecular weight is 671 g/mol. The van der Waals surface area contributed by atoms with Gasteiger partial charge in [-0.05, 0) is 43.3 Å². The molecule has 1 heterocycles. The molecule has 14 heteroatoms. The molecule has 0 saturated heterocycles. The fraction of sp³-hybridized carbons (Fsp3) is 0.111. The third kappa shape index (κ3) is 6.91. The van der Waals surface area contributed by atoms with E-state index in [-0.39, 0.29) is 21.0 Å². The van der Waals surface area contributed by atoms with Gasteiger partial charge in [-0.1, -0.05) is 58.5 Å². The Labute approximate surface area is 262 Å². The highest BCUT2D eigenvalue weighted by atomic mass is 35.5.